The van der Waals surface area contributed by atoms with Crippen LogP contribution in [0.15, 0.2) is 23.8 Å². The van der Waals surface area contributed by atoms with Crippen molar-refractivity contribution >= 4 is 0 Å². The molecule has 44 heavy (non-hydrogen) atoms. The Morgan fingerprint density at radius 3 is 2.43 bits per heavy atom. The van der Waals surface area contributed by atoms with Crippen molar-refractivity contribution < 1.29 is 45.2 Å². The molecular weight excluding hydrogens is 564 g/mol. The van der Waals surface area contributed by atoms with Crippen LogP contribution in [0.3, 0.4) is 0 Å². The van der Waals surface area contributed by atoms with E-state index in [-0.39, 0.29) is 53.1 Å². The molecule has 0 radical (unpaired) electrons. The molecule has 4 fully saturated rings. The SMILES string of the molecule is CC[C@H](C=C[C@@H](C)[C@H]1CC=C2[C@]1(C)CC[C@@H]1[C@@]3(C)CC[C@H](O)C[C@@H]3[C@@H](O)C[C@@]21O)C(C)CO[C@@H]1O[C@H](CO)[C@@H](O)[C@H](O)[C@H]1O. The summed E-state index contributed by atoms with van der Waals surface area (Å²) in [7, 11) is 0. The Labute approximate surface area is 263 Å². The summed E-state index contributed by atoms with van der Waals surface area (Å²) in [4.78, 5) is 0. The highest BCUT2D eigenvalue weighted by molar-refractivity contribution is 5.37. The topological polar surface area (TPSA) is 160 Å². The second-order valence-corrected chi connectivity index (χ2v) is 15.5. The maximum atomic E-state index is 12.4. The quantitative estimate of drug-likeness (QED) is 0.192. The normalized spacial score (nSPS) is 49.5. The summed E-state index contributed by atoms with van der Waals surface area (Å²) in [6, 6.07) is 0. The fraction of sp³-hybridized carbons (Fsp3) is 0.886. The summed E-state index contributed by atoms with van der Waals surface area (Å²) in [5, 5.41) is 74.0. The molecule has 1 unspecified atom stereocenters. The summed E-state index contributed by atoms with van der Waals surface area (Å²) in [5.74, 6) is 1.02. The van der Waals surface area contributed by atoms with E-state index in [0.29, 0.717) is 18.8 Å². The fourth-order valence-electron chi connectivity index (χ4n) is 10.3. The largest absolute Gasteiger partial charge is 0.394 e. The highest BCUT2D eigenvalue weighted by Crippen LogP contribution is 2.68. The summed E-state index contributed by atoms with van der Waals surface area (Å²) >= 11 is 0. The van der Waals surface area contributed by atoms with E-state index < -0.39 is 49.0 Å². The summed E-state index contributed by atoms with van der Waals surface area (Å²) < 4.78 is 11.4. The predicted octanol–water partition coefficient (Wildman–Crippen LogP) is 2.68. The Kier molecular flexibility index (Phi) is 10.2. The minimum Gasteiger partial charge on any atom is -0.394 e. The molecular formula is C35H58O9. The maximum absolute atomic E-state index is 12.4. The molecule has 0 bridgehead atoms. The van der Waals surface area contributed by atoms with Gasteiger partial charge in [0, 0.05) is 6.42 Å². The minimum absolute atomic E-state index is 0.0261. The third-order valence-corrected chi connectivity index (χ3v) is 13.0. The van der Waals surface area contributed by atoms with Gasteiger partial charge < -0.3 is 45.2 Å². The number of fused-ring (bicyclic) bond motifs is 5. The third kappa shape index (κ3) is 5.77. The van der Waals surface area contributed by atoms with Crippen molar-refractivity contribution in [2.24, 2.45) is 46.3 Å². The molecule has 0 aromatic carbocycles. The average Bonchev–Trinajstić information content (AvgIpc) is 3.35. The van der Waals surface area contributed by atoms with E-state index >= 15 is 0 Å². The monoisotopic (exact) mass is 622 g/mol. The van der Waals surface area contributed by atoms with Crippen LogP contribution in [-0.2, 0) is 9.47 Å². The lowest BCUT2D eigenvalue weighted by molar-refractivity contribution is -0.303. The maximum Gasteiger partial charge on any atom is 0.186 e. The summed E-state index contributed by atoms with van der Waals surface area (Å²) in [5.41, 5.74) is -0.212. The zero-order valence-electron chi connectivity index (χ0n) is 27.3. The van der Waals surface area contributed by atoms with Gasteiger partial charge in [0.25, 0.3) is 0 Å². The molecule has 5 rings (SSSR count). The van der Waals surface area contributed by atoms with Gasteiger partial charge in [0.05, 0.1) is 31.0 Å². The lowest BCUT2D eigenvalue weighted by Gasteiger charge is -2.64. The molecule has 1 heterocycles. The first-order chi connectivity index (χ1) is 20.7. The third-order valence-electron chi connectivity index (χ3n) is 13.0. The predicted molar refractivity (Wildman–Crippen MR) is 165 cm³/mol. The molecule has 3 saturated carbocycles. The van der Waals surface area contributed by atoms with Gasteiger partial charge in [0.2, 0.25) is 0 Å². The smallest absolute Gasteiger partial charge is 0.186 e. The minimum atomic E-state index is -1.46. The van der Waals surface area contributed by atoms with Crippen molar-refractivity contribution in [3.05, 3.63) is 23.8 Å². The van der Waals surface area contributed by atoms with Gasteiger partial charge in [0.1, 0.15) is 24.4 Å². The van der Waals surface area contributed by atoms with Crippen LogP contribution in [0.25, 0.3) is 0 Å². The first kappa shape index (κ1) is 34.5. The van der Waals surface area contributed by atoms with Crippen molar-refractivity contribution in [1.82, 2.24) is 0 Å². The average molecular weight is 623 g/mol. The van der Waals surface area contributed by atoms with E-state index in [9.17, 15) is 35.7 Å². The highest BCUT2D eigenvalue weighted by Gasteiger charge is 2.66. The van der Waals surface area contributed by atoms with Crippen molar-refractivity contribution in [3.8, 4) is 0 Å². The van der Waals surface area contributed by atoms with Gasteiger partial charge in [-0.3, -0.25) is 0 Å². The number of aliphatic hydroxyl groups is 7. The molecule has 9 heteroatoms. The van der Waals surface area contributed by atoms with Crippen LogP contribution < -0.4 is 0 Å². The summed E-state index contributed by atoms with van der Waals surface area (Å²) in [6.45, 7) is 10.8. The molecule has 5 aliphatic rings. The van der Waals surface area contributed by atoms with Crippen molar-refractivity contribution in [1.29, 1.82) is 0 Å². The van der Waals surface area contributed by atoms with Crippen LogP contribution in [0.2, 0.25) is 0 Å². The molecule has 7 N–H and O–H groups in total. The molecule has 9 nitrogen and oxygen atoms in total. The molecule has 0 amide bonds. The molecule has 0 aromatic rings. The van der Waals surface area contributed by atoms with Crippen molar-refractivity contribution in [3.63, 3.8) is 0 Å². The molecule has 1 saturated heterocycles. The van der Waals surface area contributed by atoms with Gasteiger partial charge in [-0.25, -0.2) is 0 Å². The Morgan fingerprint density at radius 2 is 1.75 bits per heavy atom. The van der Waals surface area contributed by atoms with Crippen LogP contribution in [0, 0.1) is 46.3 Å². The van der Waals surface area contributed by atoms with Crippen LogP contribution >= 0.6 is 0 Å². The second kappa shape index (κ2) is 13.0. The van der Waals surface area contributed by atoms with Crippen LogP contribution in [0.4, 0.5) is 0 Å². The van der Waals surface area contributed by atoms with Crippen LogP contribution in [0.5, 0.6) is 0 Å². The number of aliphatic hydroxyl groups excluding tert-OH is 6. The number of hydrogen-bond donors (Lipinski definition) is 7. The van der Waals surface area contributed by atoms with E-state index in [1.54, 1.807) is 0 Å². The molecule has 16 atom stereocenters. The molecule has 0 spiro atoms. The van der Waals surface area contributed by atoms with E-state index in [4.69, 9.17) is 9.47 Å². The van der Waals surface area contributed by atoms with E-state index in [1.807, 2.05) is 0 Å². The Balaban J connectivity index is 1.23. The van der Waals surface area contributed by atoms with Crippen molar-refractivity contribution in [2.75, 3.05) is 13.2 Å². The van der Waals surface area contributed by atoms with Gasteiger partial charge in [-0.2, -0.15) is 0 Å². The lowest BCUT2D eigenvalue weighted by Crippen LogP contribution is -2.65. The van der Waals surface area contributed by atoms with Crippen molar-refractivity contribution in [2.45, 2.75) is 135 Å². The van der Waals surface area contributed by atoms with Gasteiger partial charge in [-0.1, -0.05) is 52.8 Å². The zero-order valence-corrected chi connectivity index (χ0v) is 27.3. The fourth-order valence-corrected chi connectivity index (χ4v) is 10.3. The standard InChI is InChI=1S/C35H58O9/c1-6-21(20(3)18-43-32-31(41)30(40)29(39)26(17-36)44-32)8-7-19(2)23-9-10-27-33(23,4)14-12-28-34(5)13-11-22(37)15-24(34)25(38)16-35(27,28)42/h7-8,10,19-26,28-32,36-42H,6,9,11-18H2,1-5H3/t19-,20?,21-,22+,23-,24-,25+,26-,28-,29-,30+,31-,32-,33-,34+,35-/m1/s1. The zero-order chi connectivity index (χ0) is 32.2. The first-order valence-electron chi connectivity index (χ1n) is 17.1. The Morgan fingerprint density at radius 1 is 1.02 bits per heavy atom. The van der Waals surface area contributed by atoms with Gasteiger partial charge >= 0.3 is 0 Å². The number of rotatable bonds is 9. The number of hydrogen-bond acceptors (Lipinski definition) is 9. The van der Waals surface area contributed by atoms with Gasteiger partial charge in [-0.15, -0.1) is 0 Å². The van der Waals surface area contributed by atoms with Crippen LogP contribution in [0.1, 0.15) is 86.0 Å². The Bertz CT molecular complexity index is 1060. The van der Waals surface area contributed by atoms with Crippen LogP contribution in [-0.4, -0.2) is 97.5 Å². The molecule has 252 valence electrons. The lowest BCUT2D eigenvalue weighted by atomic mass is 9.43. The number of allylic oxidation sites excluding steroid dienone is 3. The molecule has 4 aliphatic carbocycles. The first-order valence-corrected chi connectivity index (χ1v) is 17.1. The molecule has 1 aliphatic heterocycles. The van der Waals surface area contributed by atoms with E-state index in [0.717, 1.165) is 44.1 Å². The van der Waals surface area contributed by atoms with Gasteiger partial charge in [0.15, 0.2) is 6.29 Å². The number of ether oxygens (including phenoxy) is 2. The second-order valence-electron chi connectivity index (χ2n) is 15.5. The molecule has 0 aromatic heterocycles. The van der Waals surface area contributed by atoms with Gasteiger partial charge in [-0.05, 0) is 96.9 Å². The van der Waals surface area contributed by atoms with E-state index in [1.165, 1.54) is 0 Å². The highest BCUT2D eigenvalue weighted by atomic mass is 16.7. The Hall–Kier alpha value is -0.880. The summed E-state index contributed by atoms with van der Waals surface area (Å²) in [6.07, 6.45) is 5.74. The van der Waals surface area contributed by atoms with E-state index in [2.05, 4.69) is 52.8 Å².